The van der Waals surface area contributed by atoms with Crippen LogP contribution in [0.15, 0.2) is 62.5 Å². The van der Waals surface area contributed by atoms with Crippen molar-refractivity contribution in [2.45, 2.75) is 46.6 Å². The third-order valence-electron chi connectivity index (χ3n) is 6.16. The Morgan fingerprint density at radius 3 is 2.42 bits per heavy atom. The Morgan fingerprint density at radius 1 is 1.00 bits per heavy atom. The average molecular weight is 624 g/mol. The molecule has 6 N–H and O–H groups in total. The molecule has 0 aliphatic heterocycles. The minimum Gasteiger partial charge on any atom is -0.383 e. The number of hydrazine groups is 1. The molecule has 13 heteroatoms. The molecule has 0 fully saturated rings. The van der Waals surface area contributed by atoms with E-state index in [-0.39, 0.29) is 21.4 Å². The maximum Gasteiger partial charge on any atom is 0.208 e. The highest BCUT2D eigenvalue weighted by atomic mass is 32.2. The van der Waals surface area contributed by atoms with Crippen molar-refractivity contribution in [2.75, 3.05) is 36.8 Å². The summed E-state index contributed by atoms with van der Waals surface area (Å²) in [7, 11) is -6.66. The lowest BCUT2D eigenvalue weighted by Gasteiger charge is -2.13. The minimum atomic E-state index is -3.79. The third-order valence-corrected chi connectivity index (χ3v) is 11.5. The summed E-state index contributed by atoms with van der Waals surface area (Å²) in [5.74, 6) is 0.104. The molecule has 218 valence electrons. The number of sulfone groups is 2. The number of unbranched alkanes of at least 4 members (excludes halogenated alkanes) is 3. The normalized spacial score (nSPS) is 12.0. The van der Waals surface area contributed by atoms with E-state index in [0.717, 1.165) is 48.2 Å². The van der Waals surface area contributed by atoms with Crippen molar-refractivity contribution in [3.05, 3.63) is 59.0 Å². The van der Waals surface area contributed by atoms with Gasteiger partial charge in [-0.3, -0.25) is 10.8 Å². The molecule has 0 unspecified atom stereocenters. The van der Waals surface area contributed by atoms with Crippen LogP contribution in [0.5, 0.6) is 0 Å². The summed E-state index contributed by atoms with van der Waals surface area (Å²) in [6.45, 7) is 3.29. The lowest BCUT2D eigenvalue weighted by molar-refractivity contribution is 0.521. The van der Waals surface area contributed by atoms with Crippen LogP contribution >= 0.6 is 23.1 Å². The summed E-state index contributed by atoms with van der Waals surface area (Å²) in [5, 5.41) is 11.0. The Balaban J connectivity index is 1.57. The number of nitrogens with one attached hydrogen (secondary N) is 4. The van der Waals surface area contributed by atoms with E-state index in [2.05, 4.69) is 16.2 Å². The van der Waals surface area contributed by atoms with E-state index >= 15 is 0 Å². The van der Waals surface area contributed by atoms with Crippen LogP contribution in [0.4, 0.5) is 5.69 Å². The van der Waals surface area contributed by atoms with Gasteiger partial charge in [0.15, 0.2) is 0 Å². The molecule has 0 saturated carbocycles. The van der Waals surface area contributed by atoms with Gasteiger partial charge in [0.05, 0.1) is 25.5 Å². The van der Waals surface area contributed by atoms with Crippen LogP contribution in [-0.4, -0.2) is 54.1 Å². The van der Waals surface area contributed by atoms with Crippen molar-refractivity contribution in [3.8, 4) is 11.1 Å². The first-order valence-corrected chi connectivity index (χ1v) is 18.4. The lowest BCUT2D eigenvalue weighted by atomic mass is 10.00. The molecule has 0 aliphatic carbocycles. The van der Waals surface area contributed by atoms with E-state index in [4.69, 9.17) is 11.1 Å². The fraction of sp³-hybridized carbons (Fsp3) is 0.370. The third kappa shape index (κ3) is 9.05. The van der Waals surface area contributed by atoms with E-state index < -0.39 is 19.7 Å². The summed E-state index contributed by atoms with van der Waals surface area (Å²) >= 11 is 2.54. The SMILES string of the molecule is CSc1sc(C(=N)N)cc1S(=O)(=O)c1cccc(-c2ccc(NCNNCCCCCCS(C)(=O)=O)cc2C)c1. The zero-order valence-electron chi connectivity index (χ0n) is 22.9. The number of amidine groups is 1. The van der Waals surface area contributed by atoms with Gasteiger partial charge in [-0.25, -0.2) is 22.3 Å². The molecule has 0 spiro atoms. The predicted molar refractivity (Wildman–Crippen MR) is 167 cm³/mol. The van der Waals surface area contributed by atoms with E-state index in [1.54, 1.807) is 18.2 Å². The highest BCUT2D eigenvalue weighted by Crippen LogP contribution is 2.38. The van der Waals surface area contributed by atoms with Gasteiger partial charge in [-0.15, -0.1) is 23.1 Å². The molecule has 0 saturated heterocycles. The molecule has 0 amide bonds. The fourth-order valence-corrected chi connectivity index (χ4v) is 8.73. The van der Waals surface area contributed by atoms with Gasteiger partial charge in [0.2, 0.25) is 9.84 Å². The van der Waals surface area contributed by atoms with Crippen LogP contribution in [0.1, 0.15) is 36.1 Å². The number of rotatable bonds is 16. The Bertz CT molecular complexity index is 1540. The van der Waals surface area contributed by atoms with Gasteiger partial charge in [-0.1, -0.05) is 31.0 Å². The van der Waals surface area contributed by atoms with Crippen LogP contribution in [0.25, 0.3) is 11.1 Å². The number of hydrogen-bond acceptors (Lipinski definition) is 10. The number of thiophene rings is 1. The summed E-state index contributed by atoms with van der Waals surface area (Å²) in [6.07, 6.45) is 6.63. The highest BCUT2D eigenvalue weighted by molar-refractivity contribution is 8.01. The topological polar surface area (TPSA) is 154 Å². The van der Waals surface area contributed by atoms with Crippen molar-refractivity contribution < 1.29 is 16.8 Å². The van der Waals surface area contributed by atoms with Crippen LogP contribution in [0, 0.1) is 12.3 Å². The maximum absolute atomic E-state index is 13.5. The number of nitrogens with two attached hydrogens (primary N) is 1. The van der Waals surface area contributed by atoms with Gasteiger partial charge in [0, 0.05) is 24.2 Å². The molecule has 0 radical (unpaired) electrons. The summed E-state index contributed by atoms with van der Waals surface area (Å²) in [4.78, 5) is 0.807. The summed E-state index contributed by atoms with van der Waals surface area (Å²) in [5.41, 5.74) is 15.6. The Hall–Kier alpha value is -2.42. The van der Waals surface area contributed by atoms with Crippen LogP contribution < -0.4 is 21.9 Å². The van der Waals surface area contributed by atoms with Crippen LogP contribution in [-0.2, 0) is 19.7 Å². The molecule has 0 aliphatic rings. The van der Waals surface area contributed by atoms with Crippen molar-refractivity contribution in [1.29, 1.82) is 5.41 Å². The van der Waals surface area contributed by atoms with Gasteiger partial charge in [-0.05, 0) is 73.0 Å². The highest BCUT2D eigenvalue weighted by Gasteiger charge is 2.25. The molecule has 2 aromatic carbocycles. The summed E-state index contributed by atoms with van der Waals surface area (Å²) in [6, 6.07) is 14.3. The summed E-state index contributed by atoms with van der Waals surface area (Å²) < 4.78 is 49.9. The van der Waals surface area contributed by atoms with Crippen LogP contribution in [0.2, 0.25) is 0 Å². The molecular weight excluding hydrogens is 587 g/mol. The molecule has 40 heavy (non-hydrogen) atoms. The zero-order valence-corrected chi connectivity index (χ0v) is 26.2. The van der Waals surface area contributed by atoms with Crippen molar-refractivity contribution in [3.63, 3.8) is 0 Å². The fourth-order valence-electron chi connectivity index (χ4n) is 4.10. The van der Waals surface area contributed by atoms with E-state index in [1.807, 2.05) is 37.4 Å². The number of thioether (sulfide) groups is 1. The van der Waals surface area contributed by atoms with Gasteiger partial charge in [0.25, 0.3) is 0 Å². The van der Waals surface area contributed by atoms with E-state index in [1.165, 1.54) is 35.4 Å². The lowest BCUT2D eigenvalue weighted by Crippen LogP contribution is -2.36. The number of hydrogen-bond donors (Lipinski definition) is 5. The monoisotopic (exact) mass is 623 g/mol. The molecule has 0 atom stereocenters. The zero-order chi connectivity index (χ0) is 29.3. The first-order valence-electron chi connectivity index (χ1n) is 12.8. The first-order chi connectivity index (χ1) is 18.9. The molecular formula is C27H37N5O4S4. The van der Waals surface area contributed by atoms with Crippen molar-refractivity contribution in [1.82, 2.24) is 10.9 Å². The van der Waals surface area contributed by atoms with Crippen molar-refractivity contribution in [2.24, 2.45) is 5.73 Å². The van der Waals surface area contributed by atoms with Crippen LogP contribution in [0.3, 0.4) is 0 Å². The Labute approximate surface area is 245 Å². The number of aryl methyl sites for hydroxylation is 1. The molecule has 3 aromatic rings. The quantitative estimate of drug-likeness (QED) is 0.0384. The predicted octanol–water partition coefficient (Wildman–Crippen LogP) is 4.63. The molecule has 3 rings (SSSR count). The first kappa shape index (κ1) is 32.1. The second-order valence-corrected chi connectivity index (χ2v) is 15.7. The van der Waals surface area contributed by atoms with Gasteiger partial charge in [0.1, 0.15) is 15.7 Å². The Kier molecular flexibility index (Phi) is 11.6. The van der Waals surface area contributed by atoms with Gasteiger partial charge in [-0.2, -0.15) is 0 Å². The van der Waals surface area contributed by atoms with E-state index in [9.17, 15) is 16.8 Å². The molecule has 1 aromatic heterocycles. The molecule has 1 heterocycles. The Morgan fingerprint density at radius 2 is 1.75 bits per heavy atom. The molecule has 0 bridgehead atoms. The molecule has 9 nitrogen and oxygen atoms in total. The van der Waals surface area contributed by atoms with Gasteiger partial charge < -0.3 is 11.1 Å². The number of benzene rings is 2. The van der Waals surface area contributed by atoms with Crippen molar-refractivity contribution >= 4 is 54.3 Å². The standard InChI is InChI=1S/C27H37N5O4S4/c1-19-15-21(30-18-32-31-13-6-4-5-7-14-39(3,33)34)11-12-23(19)20-9-8-10-22(16-20)40(35,36)25-17-24(26(28)29)38-27(25)37-2/h8-12,15-17,30-32H,4-7,13-14,18H2,1-3H3,(H3,28,29). The second kappa shape index (κ2) is 14.5. The number of anilines is 1. The average Bonchev–Trinajstić information content (AvgIpc) is 3.35. The van der Waals surface area contributed by atoms with E-state index in [0.29, 0.717) is 22.2 Å². The second-order valence-electron chi connectivity index (χ2n) is 9.44. The smallest absolute Gasteiger partial charge is 0.208 e. The largest absolute Gasteiger partial charge is 0.383 e. The minimum absolute atomic E-state index is 0.148. The number of nitrogen functional groups attached to an aromatic ring is 1. The maximum atomic E-state index is 13.5. The van der Waals surface area contributed by atoms with Gasteiger partial charge >= 0.3 is 0 Å².